The van der Waals surface area contributed by atoms with Crippen LogP contribution in [0.3, 0.4) is 0 Å². The summed E-state index contributed by atoms with van der Waals surface area (Å²) in [5.41, 5.74) is 1.56. The monoisotopic (exact) mass is 280 g/mol. The maximum absolute atomic E-state index is 9.33. The molecule has 0 amide bonds. The van der Waals surface area contributed by atoms with Gasteiger partial charge in [-0.3, -0.25) is 0 Å². The highest BCUT2D eigenvalue weighted by atomic mass is 15.2. The summed E-state index contributed by atoms with van der Waals surface area (Å²) in [6.07, 6.45) is 2.37. The second-order valence-electron chi connectivity index (χ2n) is 5.56. The normalized spacial score (nSPS) is 19.3. The van der Waals surface area contributed by atoms with Gasteiger partial charge in [-0.05, 0) is 38.1 Å². The number of aromatic nitrogens is 1. The minimum atomic E-state index is 0.416. The van der Waals surface area contributed by atoms with Gasteiger partial charge < -0.3 is 10.2 Å². The van der Waals surface area contributed by atoms with E-state index in [1.54, 1.807) is 0 Å². The number of para-hydroxylation sites is 1. The van der Waals surface area contributed by atoms with Gasteiger partial charge in [-0.1, -0.05) is 25.1 Å². The topological polar surface area (TPSA) is 52.0 Å². The van der Waals surface area contributed by atoms with Crippen molar-refractivity contribution in [2.45, 2.75) is 25.8 Å². The Morgan fingerprint density at radius 1 is 1.43 bits per heavy atom. The molecule has 3 rings (SSSR count). The summed E-state index contributed by atoms with van der Waals surface area (Å²) in [7, 11) is 0. The largest absolute Gasteiger partial charge is 0.366 e. The second-order valence-corrected chi connectivity index (χ2v) is 5.56. The zero-order valence-corrected chi connectivity index (χ0v) is 12.3. The van der Waals surface area contributed by atoms with Gasteiger partial charge in [0.05, 0.1) is 17.1 Å². The van der Waals surface area contributed by atoms with Gasteiger partial charge in [0.15, 0.2) is 0 Å². The third kappa shape index (κ3) is 2.98. The Labute approximate surface area is 125 Å². The highest BCUT2D eigenvalue weighted by Crippen LogP contribution is 2.22. The van der Waals surface area contributed by atoms with Crippen LogP contribution in [-0.2, 0) is 0 Å². The summed E-state index contributed by atoms with van der Waals surface area (Å²) < 4.78 is 0. The lowest BCUT2D eigenvalue weighted by atomic mass is 10.1. The number of hydrogen-bond donors (Lipinski definition) is 1. The minimum absolute atomic E-state index is 0.416. The summed E-state index contributed by atoms with van der Waals surface area (Å²) in [5.74, 6) is 0.813. The van der Waals surface area contributed by atoms with Crippen molar-refractivity contribution in [1.82, 2.24) is 9.88 Å². The third-order valence-corrected chi connectivity index (χ3v) is 4.14. The number of piperidine rings is 1. The number of nitrogens with one attached hydrogen (secondary N) is 1. The van der Waals surface area contributed by atoms with Crippen LogP contribution in [0.25, 0.3) is 10.9 Å². The molecule has 0 spiro atoms. The number of likely N-dealkylation sites (N-methyl/N-ethyl adjacent to an activating group) is 1. The van der Waals surface area contributed by atoms with Crippen LogP contribution in [0.5, 0.6) is 0 Å². The van der Waals surface area contributed by atoms with Gasteiger partial charge in [0, 0.05) is 18.0 Å². The first kappa shape index (κ1) is 13.8. The molecule has 1 aliphatic heterocycles. The molecule has 0 bridgehead atoms. The zero-order chi connectivity index (χ0) is 14.7. The fourth-order valence-electron chi connectivity index (χ4n) is 3.01. The Hall–Kier alpha value is -2.12. The number of nitrogens with zero attached hydrogens (tertiary/aromatic N) is 3. The Balaban J connectivity index is 1.86. The molecule has 1 atom stereocenters. The van der Waals surface area contributed by atoms with E-state index in [4.69, 9.17) is 0 Å². The van der Waals surface area contributed by atoms with E-state index < -0.39 is 0 Å². The standard InChI is InChI=1S/C17H20N4/c1-2-21-9-5-6-14(12-21)19-17-10-13(11-18)15-7-3-4-8-16(15)20-17/h3-4,7-8,10,14H,2,5-6,9,12H2,1H3,(H,19,20). The molecule has 1 unspecified atom stereocenters. The van der Waals surface area contributed by atoms with E-state index in [-0.39, 0.29) is 0 Å². The molecule has 0 aliphatic carbocycles. The predicted molar refractivity (Wildman–Crippen MR) is 85.2 cm³/mol. The van der Waals surface area contributed by atoms with Crippen LogP contribution in [0.15, 0.2) is 30.3 Å². The molecular formula is C17H20N4. The molecule has 108 valence electrons. The van der Waals surface area contributed by atoms with E-state index in [1.807, 2.05) is 30.3 Å². The molecule has 4 heteroatoms. The number of rotatable bonds is 3. The smallest absolute Gasteiger partial charge is 0.128 e. The lowest BCUT2D eigenvalue weighted by molar-refractivity contribution is 0.226. The fraction of sp³-hybridized carbons (Fsp3) is 0.412. The molecule has 1 saturated heterocycles. The lowest BCUT2D eigenvalue weighted by Crippen LogP contribution is -2.41. The van der Waals surface area contributed by atoms with E-state index in [1.165, 1.54) is 13.0 Å². The van der Waals surface area contributed by atoms with Crippen LogP contribution in [0, 0.1) is 11.3 Å². The van der Waals surface area contributed by atoms with Crippen molar-refractivity contribution < 1.29 is 0 Å². The van der Waals surface area contributed by atoms with Crippen molar-refractivity contribution in [3.8, 4) is 6.07 Å². The van der Waals surface area contributed by atoms with Crippen molar-refractivity contribution in [2.75, 3.05) is 25.0 Å². The molecule has 4 nitrogen and oxygen atoms in total. The molecule has 2 heterocycles. The average molecular weight is 280 g/mol. The van der Waals surface area contributed by atoms with Crippen molar-refractivity contribution in [3.63, 3.8) is 0 Å². The molecule has 1 N–H and O–H groups in total. The van der Waals surface area contributed by atoms with Gasteiger partial charge in [0.25, 0.3) is 0 Å². The maximum Gasteiger partial charge on any atom is 0.128 e. The molecule has 1 fully saturated rings. The molecule has 1 aliphatic rings. The number of nitriles is 1. The zero-order valence-electron chi connectivity index (χ0n) is 12.3. The van der Waals surface area contributed by atoms with Crippen molar-refractivity contribution in [2.24, 2.45) is 0 Å². The Kier molecular flexibility index (Phi) is 4.03. The molecule has 0 radical (unpaired) electrons. The van der Waals surface area contributed by atoms with Gasteiger partial charge in [0.2, 0.25) is 0 Å². The number of likely N-dealkylation sites (tertiary alicyclic amines) is 1. The van der Waals surface area contributed by atoms with E-state index in [9.17, 15) is 5.26 Å². The molecular weight excluding hydrogens is 260 g/mol. The molecule has 1 aromatic carbocycles. The number of benzene rings is 1. The summed E-state index contributed by atoms with van der Waals surface area (Å²) >= 11 is 0. The quantitative estimate of drug-likeness (QED) is 0.939. The Morgan fingerprint density at radius 2 is 2.29 bits per heavy atom. The Morgan fingerprint density at radius 3 is 3.10 bits per heavy atom. The molecule has 0 saturated carbocycles. The van der Waals surface area contributed by atoms with Gasteiger partial charge in [-0.2, -0.15) is 5.26 Å². The minimum Gasteiger partial charge on any atom is -0.366 e. The first-order valence-electron chi connectivity index (χ1n) is 7.59. The summed E-state index contributed by atoms with van der Waals surface area (Å²) in [5, 5.41) is 13.8. The number of anilines is 1. The first-order chi connectivity index (χ1) is 10.3. The second kappa shape index (κ2) is 6.11. The van der Waals surface area contributed by atoms with Crippen molar-refractivity contribution in [3.05, 3.63) is 35.9 Å². The predicted octanol–water partition coefficient (Wildman–Crippen LogP) is 3.00. The Bertz CT molecular complexity index is 674. The number of hydrogen-bond acceptors (Lipinski definition) is 4. The summed E-state index contributed by atoms with van der Waals surface area (Å²) in [4.78, 5) is 7.10. The van der Waals surface area contributed by atoms with Crippen LogP contribution in [-0.4, -0.2) is 35.6 Å². The number of pyridine rings is 1. The van der Waals surface area contributed by atoms with Crippen molar-refractivity contribution in [1.29, 1.82) is 5.26 Å². The van der Waals surface area contributed by atoms with Crippen molar-refractivity contribution >= 4 is 16.7 Å². The van der Waals surface area contributed by atoms with Gasteiger partial charge in [0.1, 0.15) is 5.82 Å². The highest BCUT2D eigenvalue weighted by molar-refractivity contribution is 5.86. The van der Waals surface area contributed by atoms with Gasteiger partial charge in [-0.25, -0.2) is 4.98 Å². The van der Waals surface area contributed by atoms with E-state index in [0.717, 1.165) is 36.2 Å². The van der Waals surface area contributed by atoms with Crippen LogP contribution >= 0.6 is 0 Å². The number of fused-ring (bicyclic) bond motifs is 1. The maximum atomic E-state index is 9.33. The molecule has 2 aromatic rings. The third-order valence-electron chi connectivity index (χ3n) is 4.14. The van der Waals surface area contributed by atoms with E-state index >= 15 is 0 Å². The van der Waals surface area contributed by atoms with Crippen LogP contribution in [0.2, 0.25) is 0 Å². The molecule has 1 aromatic heterocycles. The van der Waals surface area contributed by atoms with Gasteiger partial charge in [-0.15, -0.1) is 0 Å². The molecule has 21 heavy (non-hydrogen) atoms. The van der Waals surface area contributed by atoms with Crippen LogP contribution in [0.1, 0.15) is 25.3 Å². The SMILES string of the molecule is CCN1CCCC(Nc2cc(C#N)c3ccccc3n2)C1. The average Bonchev–Trinajstić information content (AvgIpc) is 2.54. The van der Waals surface area contributed by atoms with Gasteiger partial charge >= 0.3 is 0 Å². The fourth-order valence-corrected chi connectivity index (χ4v) is 3.01. The summed E-state index contributed by atoms with van der Waals surface area (Å²) in [6.45, 7) is 5.52. The van der Waals surface area contributed by atoms with E-state index in [0.29, 0.717) is 11.6 Å². The summed E-state index contributed by atoms with van der Waals surface area (Å²) in [6, 6.07) is 12.4. The van der Waals surface area contributed by atoms with Crippen LogP contribution in [0.4, 0.5) is 5.82 Å². The van der Waals surface area contributed by atoms with Crippen LogP contribution < -0.4 is 5.32 Å². The van der Waals surface area contributed by atoms with E-state index in [2.05, 4.69) is 28.2 Å². The highest BCUT2D eigenvalue weighted by Gasteiger charge is 2.19. The first-order valence-corrected chi connectivity index (χ1v) is 7.59. The lowest BCUT2D eigenvalue weighted by Gasteiger charge is -2.32.